The molecule has 2 N–H and O–H groups in total. The van der Waals surface area contributed by atoms with Gasteiger partial charge in [-0.1, -0.05) is 19.3 Å². The molecule has 0 unspecified atom stereocenters. The van der Waals surface area contributed by atoms with Gasteiger partial charge in [0.2, 0.25) is 0 Å². The van der Waals surface area contributed by atoms with E-state index in [4.69, 9.17) is 0 Å². The quantitative estimate of drug-likeness (QED) is 0.649. The van der Waals surface area contributed by atoms with Gasteiger partial charge in [-0.15, -0.1) is 0 Å². The van der Waals surface area contributed by atoms with Gasteiger partial charge in [0, 0.05) is 6.61 Å². The summed E-state index contributed by atoms with van der Waals surface area (Å²) >= 11 is 0. The van der Waals surface area contributed by atoms with E-state index in [1.165, 1.54) is 25.7 Å². The minimum atomic E-state index is -0.129. The van der Waals surface area contributed by atoms with E-state index in [0.29, 0.717) is 17.8 Å². The average Bonchev–Trinajstić information content (AvgIpc) is 2.17. The zero-order valence-electron chi connectivity index (χ0n) is 8.15. The smallest absolute Gasteiger partial charge is 0.0574 e. The van der Waals surface area contributed by atoms with Crippen molar-refractivity contribution in [1.82, 2.24) is 0 Å². The Bertz CT molecular complexity index is 161. The molecule has 0 saturated heterocycles. The lowest BCUT2D eigenvalue weighted by Crippen LogP contribution is -2.41. The van der Waals surface area contributed by atoms with Crippen LogP contribution in [0.4, 0.5) is 0 Å². The van der Waals surface area contributed by atoms with Crippen LogP contribution < -0.4 is 0 Å². The van der Waals surface area contributed by atoms with Crippen LogP contribution in [0.25, 0.3) is 0 Å². The molecule has 0 spiro atoms. The normalized spacial score (nSPS) is 45.7. The third-order valence-electron chi connectivity index (χ3n) is 3.99. The van der Waals surface area contributed by atoms with Crippen LogP contribution >= 0.6 is 0 Å². The van der Waals surface area contributed by atoms with Gasteiger partial charge < -0.3 is 10.2 Å². The number of hydrogen-bond donors (Lipinski definition) is 2. The Morgan fingerprint density at radius 2 is 1.69 bits per heavy atom. The molecule has 0 aromatic carbocycles. The zero-order chi connectivity index (χ0) is 9.26. The highest BCUT2D eigenvalue weighted by molar-refractivity contribution is 4.89. The molecule has 2 aliphatic rings. The second-order valence-corrected chi connectivity index (χ2v) is 4.71. The van der Waals surface area contributed by atoms with E-state index in [1.807, 2.05) is 0 Å². The number of fused-ring (bicyclic) bond motifs is 1. The Labute approximate surface area is 80.0 Å². The Morgan fingerprint density at radius 3 is 2.38 bits per heavy atom. The molecule has 0 amide bonds. The molecule has 76 valence electrons. The molecule has 4 atom stereocenters. The van der Waals surface area contributed by atoms with Crippen LogP contribution in [-0.4, -0.2) is 22.9 Å². The highest BCUT2D eigenvalue weighted by Gasteiger charge is 2.39. The van der Waals surface area contributed by atoms with Crippen molar-refractivity contribution in [2.75, 3.05) is 6.61 Å². The first-order valence-electron chi connectivity index (χ1n) is 5.62. The predicted molar refractivity (Wildman–Crippen MR) is 51.3 cm³/mol. The van der Waals surface area contributed by atoms with Crippen molar-refractivity contribution in [3.63, 3.8) is 0 Å². The maximum Gasteiger partial charge on any atom is 0.0574 e. The Morgan fingerprint density at radius 1 is 1.00 bits per heavy atom. The van der Waals surface area contributed by atoms with Crippen molar-refractivity contribution in [3.8, 4) is 0 Å². The van der Waals surface area contributed by atoms with Crippen LogP contribution in [0.15, 0.2) is 0 Å². The molecule has 2 nitrogen and oxygen atoms in total. The highest BCUT2D eigenvalue weighted by Crippen LogP contribution is 2.43. The van der Waals surface area contributed by atoms with Crippen LogP contribution in [0, 0.1) is 17.8 Å². The SMILES string of the molecule is OC[C@@H]1CCC[C@@H]2CCC[C@@H](O)[C@@H]21. The molecule has 0 radical (unpaired) electrons. The van der Waals surface area contributed by atoms with Gasteiger partial charge in [0.15, 0.2) is 0 Å². The minimum Gasteiger partial charge on any atom is -0.396 e. The summed E-state index contributed by atoms with van der Waals surface area (Å²) in [4.78, 5) is 0. The molecule has 2 aliphatic carbocycles. The summed E-state index contributed by atoms with van der Waals surface area (Å²) in [5.41, 5.74) is 0. The lowest BCUT2D eigenvalue weighted by Gasteiger charge is -2.43. The largest absolute Gasteiger partial charge is 0.396 e. The highest BCUT2D eigenvalue weighted by atomic mass is 16.3. The van der Waals surface area contributed by atoms with Gasteiger partial charge in [-0.3, -0.25) is 0 Å². The summed E-state index contributed by atoms with van der Waals surface area (Å²) in [6.45, 7) is 0.276. The number of hydrogen-bond acceptors (Lipinski definition) is 2. The van der Waals surface area contributed by atoms with Gasteiger partial charge in [0.25, 0.3) is 0 Å². The molecule has 2 rings (SSSR count). The van der Waals surface area contributed by atoms with Gasteiger partial charge in [-0.2, -0.15) is 0 Å². The van der Waals surface area contributed by atoms with Crippen LogP contribution in [0.5, 0.6) is 0 Å². The van der Waals surface area contributed by atoms with E-state index in [1.54, 1.807) is 0 Å². The van der Waals surface area contributed by atoms with E-state index >= 15 is 0 Å². The summed E-state index contributed by atoms with van der Waals surface area (Å²) in [6.07, 6.45) is 6.93. The predicted octanol–water partition coefficient (Wildman–Crippen LogP) is 1.56. The zero-order valence-corrected chi connectivity index (χ0v) is 8.15. The van der Waals surface area contributed by atoms with E-state index in [-0.39, 0.29) is 12.7 Å². The molecule has 2 heteroatoms. The number of aliphatic hydroxyl groups excluding tert-OH is 2. The second-order valence-electron chi connectivity index (χ2n) is 4.71. The van der Waals surface area contributed by atoms with Gasteiger partial charge in [0.05, 0.1) is 6.10 Å². The van der Waals surface area contributed by atoms with Crippen molar-refractivity contribution in [3.05, 3.63) is 0 Å². The van der Waals surface area contributed by atoms with Crippen LogP contribution in [0.1, 0.15) is 38.5 Å². The maximum atomic E-state index is 9.89. The maximum absolute atomic E-state index is 9.89. The Kier molecular flexibility index (Phi) is 2.89. The monoisotopic (exact) mass is 184 g/mol. The van der Waals surface area contributed by atoms with Crippen molar-refractivity contribution in [2.24, 2.45) is 17.8 Å². The molecule has 0 aromatic heterocycles. The summed E-state index contributed by atoms with van der Waals surface area (Å²) in [5, 5.41) is 19.1. The van der Waals surface area contributed by atoms with Crippen LogP contribution in [0.2, 0.25) is 0 Å². The molecule has 2 saturated carbocycles. The summed E-state index contributed by atoms with van der Waals surface area (Å²) in [7, 11) is 0. The fourth-order valence-corrected chi connectivity index (χ4v) is 3.37. The lowest BCUT2D eigenvalue weighted by molar-refractivity contribution is -0.0396. The average molecular weight is 184 g/mol. The Hall–Kier alpha value is -0.0800. The second kappa shape index (κ2) is 3.97. The van der Waals surface area contributed by atoms with Crippen LogP contribution in [0.3, 0.4) is 0 Å². The molecule has 0 bridgehead atoms. The van der Waals surface area contributed by atoms with Crippen molar-refractivity contribution in [2.45, 2.75) is 44.6 Å². The van der Waals surface area contributed by atoms with Gasteiger partial charge in [-0.05, 0) is 37.0 Å². The fraction of sp³-hybridized carbons (Fsp3) is 1.00. The topological polar surface area (TPSA) is 40.5 Å². The van der Waals surface area contributed by atoms with E-state index in [9.17, 15) is 10.2 Å². The van der Waals surface area contributed by atoms with E-state index < -0.39 is 0 Å². The van der Waals surface area contributed by atoms with E-state index in [2.05, 4.69) is 0 Å². The Balaban J connectivity index is 2.07. The fourth-order valence-electron chi connectivity index (χ4n) is 3.37. The van der Waals surface area contributed by atoms with Crippen LogP contribution in [-0.2, 0) is 0 Å². The van der Waals surface area contributed by atoms with Gasteiger partial charge >= 0.3 is 0 Å². The molecule has 2 fully saturated rings. The summed E-state index contributed by atoms with van der Waals surface area (Å²) in [5.74, 6) is 1.50. The summed E-state index contributed by atoms with van der Waals surface area (Å²) in [6, 6.07) is 0. The van der Waals surface area contributed by atoms with E-state index in [0.717, 1.165) is 12.8 Å². The number of rotatable bonds is 1. The molecular weight excluding hydrogens is 164 g/mol. The molecule has 0 aliphatic heterocycles. The number of aliphatic hydroxyl groups is 2. The third kappa shape index (κ3) is 1.75. The van der Waals surface area contributed by atoms with Crippen molar-refractivity contribution in [1.29, 1.82) is 0 Å². The third-order valence-corrected chi connectivity index (χ3v) is 3.99. The molecular formula is C11H20O2. The van der Waals surface area contributed by atoms with Gasteiger partial charge in [0.1, 0.15) is 0 Å². The standard InChI is InChI=1S/C11H20O2/c12-7-9-5-1-3-8-4-2-6-10(13)11(8)9/h8-13H,1-7H2/t8-,9+,10-,11+/m1/s1. The molecule has 0 aromatic rings. The molecule has 13 heavy (non-hydrogen) atoms. The first kappa shape index (κ1) is 9.47. The first-order valence-corrected chi connectivity index (χ1v) is 5.62. The molecule has 0 heterocycles. The van der Waals surface area contributed by atoms with Crippen molar-refractivity contribution < 1.29 is 10.2 Å². The lowest BCUT2D eigenvalue weighted by atomic mass is 9.64. The minimum absolute atomic E-state index is 0.129. The summed E-state index contributed by atoms with van der Waals surface area (Å²) < 4.78 is 0. The first-order chi connectivity index (χ1) is 6.33. The van der Waals surface area contributed by atoms with Gasteiger partial charge in [-0.25, -0.2) is 0 Å². The van der Waals surface area contributed by atoms with Crippen molar-refractivity contribution >= 4 is 0 Å².